The molecule has 1 fully saturated rings. The van der Waals surface area contributed by atoms with Gasteiger partial charge in [0.2, 0.25) is 5.82 Å². The maximum Gasteiger partial charge on any atom is 0.309 e. The standard InChI is InChI=1S/C25H24FN5O4S2/c1-2-34-24(33)16-9-11-30(12-10-16)23(32)18-14-36-21(27-18)15-37-25-29-28-22(20-8-5-13-35-20)31(25)19-7-4-3-6-17(19)26/h3-8,13-14,16H,2,9-12,15H2,1H3. The number of piperidine rings is 1. The molecule has 4 aromatic rings. The molecule has 192 valence electrons. The summed E-state index contributed by atoms with van der Waals surface area (Å²) in [6, 6.07) is 9.87. The lowest BCUT2D eigenvalue weighted by Gasteiger charge is -2.30. The Morgan fingerprint density at radius 2 is 2.00 bits per heavy atom. The number of thioether (sulfide) groups is 1. The summed E-state index contributed by atoms with van der Waals surface area (Å²) in [6.45, 7) is 3.13. The molecule has 9 nitrogen and oxygen atoms in total. The number of amides is 1. The maximum absolute atomic E-state index is 14.7. The predicted molar refractivity (Wildman–Crippen MR) is 136 cm³/mol. The monoisotopic (exact) mass is 541 g/mol. The lowest BCUT2D eigenvalue weighted by molar-refractivity contribution is -0.149. The number of aromatic nitrogens is 4. The highest BCUT2D eigenvalue weighted by Crippen LogP contribution is 2.31. The fraction of sp³-hybridized carbons (Fsp3) is 0.320. The number of esters is 1. The van der Waals surface area contributed by atoms with Gasteiger partial charge in [0, 0.05) is 18.5 Å². The van der Waals surface area contributed by atoms with Crippen molar-refractivity contribution >= 4 is 35.0 Å². The summed E-state index contributed by atoms with van der Waals surface area (Å²) < 4.78 is 26.9. The minimum atomic E-state index is -0.411. The number of ether oxygens (including phenoxy) is 1. The number of carbonyl (C=O) groups excluding carboxylic acids is 2. The first-order valence-corrected chi connectivity index (χ1v) is 13.7. The number of thiazole rings is 1. The zero-order valence-corrected chi connectivity index (χ0v) is 21.6. The summed E-state index contributed by atoms with van der Waals surface area (Å²) in [5.74, 6) is 0.365. The first kappa shape index (κ1) is 25.2. The Balaban J connectivity index is 1.27. The lowest BCUT2D eigenvalue weighted by Crippen LogP contribution is -2.40. The van der Waals surface area contributed by atoms with Crippen molar-refractivity contribution in [2.75, 3.05) is 19.7 Å². The van der Waals surface area contributed by atoms with Crippen molar-refractivity contribution in [3.63, 3.8) is 0 Å². The number of halogens is 1. The van der Waals surface area contributed by atoms with Gasteiger partial charge in [0.1, 0.15) is 16.5 Å². The zero-order valence-electron chi connectivity index (χ0n) is 20.0. The highest BCUT2D eigenvalue weighted by molar-refractivity contribution is 7.98. The van der Waals surface area contributed by atoms with Crippen LogP contribution in [0.15, 0.2) is 57.6 Å². The van der Waals surface area contributed by atoms with E-state index in [1.807, 2.05) is 0 Å². The van der Waals surface area contributed by atoms with E-state index in [0.29, 0.717) is 66.4 Å². The summed E-state index contributed by atoms with van der Waals surface area (Å²) in [6.07, 6.45) is 2.69. The maximum atomic E-state index is 14.7. The Labute approximate surface area is 220 Å². The van der Waals surface area contributed by atoms with E-state index in [0.717, 1.165) is 5.01 Å². The van der Waals surface area contributed by atoms with Crippen molar-refractivity contribution in [2.45, 2.75) is 30.7 Å². The van der Waals surface area contributed by atoms with E-state index in [4.69, 9.17) is 9.15 Å². The fourth-order valence-electron chi connectivity index (χ4n) is 4.12. The molecule has 0 aliphatic carbocycles. The number of hydrogen-bond acceptors (Lipinski definition) is 9. The molecule has 1 aliphatic rings. The van der Waals surface area contributed by atoms with E-state index < -0.39 is 5.82 Å². The molecule has 0 unspecified atom stereocenters. The van der Waals surface area contributed by atoms with E-state index >= 15 is 0 Å². The van der Waals surface area contributed by atoms with Gasteiger partial charge in [-0.05, 0) is 44.0 Å². The number of likely N-dealkylation sites (tertiary alicyclic amines) is 1. The SMILES string of the molecule is CCOC(=O)C1CCN(C(=O)c2csc(CSc3nnc(-c4ccco4)n3-c3ccccc3F)n2)CC1. The smallest absolute Gasteiger partial charge is 0.309 e. The van der Waals surface area contributed by atoms with Gasteiger partial charge in [-0.15, -0.1) is 21.5 Å². The number of rotatable bonds is 8. The fourth-order valence-corrected chi connectivity index (χ4v) is 5.85. The van der Waals surface area contributed by atoms with Crippen LogP contribution in [-0.4, -0.2) is 56.2 Å². The number of furan rings is 1. The Hall–Kier alpha value is -3.51. The second kappa shape index (κ2) is 11.3. The summed E-state index contributed by atoms with van der Waals surface area (Å²) in [4.78, 5) is 31.2. The Bertz CT molecular complexity index is 1380. The average molecular weight is 542 g/mol. The van der Waals surface area contributed by atoms with Gasteiger partial charge >= 0.3 is 5.97 Å². The van der Waals surface area contributed by atoms with Crippen LogP contribution in [0.5, 0.6) is 0 Å². The number of benzene rings is 1. The number of para-hydroxylation sites is 1. The Kier molecular flexibility index (Phi) is 7.65. The molecule has 1 aliphatic heterocycles. The second-order valence-electron chi connectivity index (χ2n) is 8.30. The first-order valence-electron chi connectivity index (χ1n) is 11.8. The van der Waals surface area contributed by atoms with Crippen molar-refractivity contribution in [3.8, 4) is 17.3 Å². The van der Waals surface area contributed by atoms with Gasteiger partial charge in [-0.3, -0.25) is 14.2 Å². The van der Waals surface area contributed by atoms with E-state index in [2.05, 4.69) is 15.2 Å². The van der Waals surface area contributed by atoms with Gasteiger partial charge in [0.25, 0.3) is 5.91 Å². The van der Waals surface area contributed by atoms with Gasteiger partial charge in [-0.2, -0.15) is 0 Å². The van der Waals surface area contributed by atoms with E-state index in [1.54, 1.807) is 52.1 Å². The molecule has 0 N–H and O–H groups in total. The van der Waals surface area contributed by atoms with Gasteiger partial charge in [-0.25, -0.2) is 9.37 Å². The van der Waals surface area contributed by atoms with E-state index in [-0.39, 0.29) is 17.8 Å². The minimum absolute atomic E-state index is 0.149. The van der Waals surface area contributed by atoms with E-state index in [1.165, 1.54) is 35.4 Å². The molecule has 0 atom stereocenters. The minimum Gasteiger partial charge on any atom is -0.466 e. The third-order valence-corrected chi connectivity index (χ3v) is 7.94. The molecule has 12 heteroatoms. The average Bonchev–Trinajstić information content (AvgIpc) is 3.69. The second-order valence-corrected chi connectivity index (χ2v) is 10.2. The molecule has 4 heterocycles. The molecule has 1 amide bonds. The highest BCUT2D eigenvalue weighted by atomic mass is 32.2. The summed E-state index contributed by atoms with van der Waals surface area (Å²) in [5.41, 5.74) is 0.685. The Morgan fingerprint density at radius 1 is 1.19 bits per heavy atom. The topological polar surface area (TPSA) is 103 Å². The van der Waals surface area contributed by atoms with Crippen LogP contribution in [0, 0.1) is 11.7 Å². The molecular formula is C25H24FN5O4S2. The summed E-state index contributed by atoms with van der Waals surface area (Å²) in [7, 11) is 0. The highest BCUT2D eigenvalue weighted by Gasteiger charge is 2.29. The molecule has 0 radical (unpaired) electrons. The summed E-state index contributed by atoms with van der Waals surface area (Å²) >= 11 is 2.72. The molecule has 37 heavy (non-hydrogen) atoms. The molecule has 0 saturated carbocycles. The van der Waals surface area contributed by atoms with Gasteiger partial charge in [0.15, 0.2) is 10.9 Å². The van der Waals surface area contributed by atoms with Crippen LogP contribution in [0.25, 0.3) is 17.3 Å². The molecule has 1 saturated heterocycles. The molecule has 0 bridgehead atoms. The summed E-state index contributed by atoms with van der Waals surface area (Å²) in [5, 5.41) is 11.4. The third-order valence-electron chi connectivity index (χ3n) is 5.97. The normalized spacial score (nSPS) is 14.2. The third kappa shape index (κ3) is 5.44. The van der Waals surface area contributed by atoms with Crippen LogP contribution >= 0.6 is 23.1 Å². The van der Waals surface area contributed by atoms with Crippen molar-refractivity contribution in [2.24, 2.45) is 5.92 Å². The molecule has 0 spiro atoms. The van der Waals surface area contributed by atoms with Crippen molar-refractivity contribution in [1.29, 1.82) is 0 Å². The van der Waals surface area contributed by atoms with Gasteiger partial charge in [-0.1, -0.05) is 23.9 Å². The largest absolute Gasteiger partial charge is 0.466 e. The zero-order chi connectivity index (χ0) is 25.8. The van der Waals surface area contributed by atoms with Crippen LogP contribution in [0.4, 0.5) is 4.39 Å². The molecule has 5 rings (SSSR count). The van der Waals surface area contributed by atoms with Crippen molar-refractivity contribution in [3.05, 3.63) is 64.6 Å². The van der Waals surface area contributed by atoms with Gasteiger partial charge in [0.05, 0.1) is 30.2 Å². The number of carbonyl (C=O) groups is 2. The number of hydrogen-bond donors (Lipinski definition) is 0. The quantitative estimate of drug-likeness (QED) is 0.231. The predicted octanol–water partition coefficient (Wildman–Crippen LogP) is 4.83. The van der Waals surface area contributed by atoms with Crippen LogP contribution in [0.2, 0.25) is 0 Å². The van der Waals surface area contributed by atoms with Crippen LogP contribution in [0.3, 0.4) is 0 Å². The molecular weight excluding hydrogens is 517 g/mol. The van der Waals surface area contributed by atoms with Crippen LogP contribution < -0.4 is 0 Å². The van der Waals surface area contributed by atoms with Gasteiger partial charge < -0.3 is 14.1 Å². The Morgan fingerprint density at radius 3 is 2.73 bits per heavy atom. The van der Waals surface area contributed by atoms with Crippen molar-refractivity contribution in [1.82, 2.24) is 24.6 Å². The molecule has 1 aromatic carbocycles. The van der Waals surface area contributed by atoms with E-state index in [9.17, 15) is 14.0 Å². The first-order chi connectivity index (χ1) is 18.0. The molecule has 3 aromatic heterocycles. The van der Waals surface area contributed by atoms with Crippen molar-refractivity contribution < 1.29 is 23.1 Å². The number of nitrogens with zero attached hydrogens (tertiary/aromatic N) is 5. The van der Waals surface area contributed by atoms with Crippen LogP contribution in [-0.2, 0) is 15.3 Å². The lowest BCUT2D eigenvalue weighted by atomic mass is 9.97. The van der Waals surface area contributed by atoms with Crippen LogP contribution in [0.1, 0.15) is 35.3 Å².